The Labute approximate surface area is 86.0 Å². The molecule has 0 radical (unpaired) electrons. The lowest BCUT2D eigenvalue weighted by Gasteiger charge is -2.22. The highest BCUT2D eigenvalue weighted by molar-refractivity contribution is 9.10. The van der Waals surface area contributed by atoms with E-state index in [-0.39, 0.29) is 22.5 Å². The summed E-state index contributed by atoms with van der Waals surface area (Å²) in [6.07, 6.45) is 1.71. The molecule has 1 rings (SSSR count). The fourth-order valence-corrected chi connectivity index (χ4v) is 2.13. The van der Waals surface area contributed by atoms with Crippen LogP contribution in [-0.4, -0.2) is 23.2 Å². The van der Waals surface area contributed by atoms with Gasteiger partial charge in [0.15, 0.2) is 0 Å². The molecule has 0 bridgehead atoms. The molecule has 0 aromatic carbocycles. The molecule has 0 heterocycles. The van der Waals surface area contributed by atoms with Crippen molar-refractivity contribution < 1.29 is 14.3 Å². The van der Waals surface area contributed by atoms with Crippen molar-refractivity contribution in [2.45, 2.75) is 31.0 Å². The molecule has 1 fully saturated rings. The van der Waals surface area contributed by atoms with Gasteiger partial charge in [-0.05, 0) is 19.8 Å². The van der Waals surface area contributed by atoms with Crippen LogP contribution in [0.4, 0.5) is 0 Å². The smallest absolute Gasteiger partial charge is 0.308 e. The molecule has 1 saturated carbocycles. The van der Waals surface area contributed by atoms with Crippen molar-refractivity contribution in [2.24, 2.45) is 5.92 Å². The van der Waals surface area contributed by atoms with Crippen LogP contribution < -0.4 is 0 Å². The van der Waals surface area contributed by atoms with Crippen LogP contribution in [0, 0.1) is 5.92 Å². The van der Waals surface area contributed by atoms with Gasteiger partial charge in [0.2, 0.25) is 0 Å². The molecular formula is C9H13BrO3. The van der Waals surface area contributed by atoms with Gasteiger partial charge in [0.25, 0.3) is 0 Å². The molecule has 0 spiro atoms. The molecule has 2 atom stereocenters. The van der Waals surface area contributed by atoms with E-state index in [1.54, 1.807) is 6.92 Å². The summed E-state index contributed by atoms with van der Waals surface area (Å²) in [4.78, 5) is 22.3. The van der Waals surface area contributed by atoms with E-state index in [0.29, 0.717) is 25.9 Å². The Morgan fingerprint density at radius 2 is 2.38 bits per heavy atom. The third-order valence-corrected chi connectivity index (χ3v) is 3.08. The zero-order chi connectivity index (χ0) is 9.84. The van der Waals surface area contributed by atoms with Gasteiger partial charge in [-0.3, -0.25) is 9.59 Å². The molecule has 1 aliphatic rings. The number of hydrogen-bond donors (Lipinski definition) is 0. The second-order valence-corrected chi connectivity index (χ2v) is 4.26. The van der Waals surface area contributed by atoms with E-state index in [4.69, 9.17) is 4.74 Å². The number of carbonyl (C=O) groups is 2. The summed E-state index contributed by atoms with van der Waals surface area (Å²) in [6.45, 7) is 2.20. The first-order valence-electron chi connectivity index (χ1n) is 4.48. The largest absolute Gasteiger partial charge is 0.466 e. The number of carbonyl (C=O) groups excluding carboxylic acids is 2. The van der Waals surface area contributed by atoms with Crippen LogP contribution >= 0.6 is 15.9 Å². The molecule has 74 valence electrons. The Hall–Kier alpha value is -0.380. The van der Waals surface area contributed by atoms with Crippen LogP contribution in [-0.2, 0) is 14.3 Å². The van der Waals surface area contributed by atoms with E-state index in [0.717, 1.165) is 0 Å². The SMILES string of the molecule is CCOC(=O)[C@@H]1CCC(=O)[C@@H](Br)C1. The number of alkyl halides is 1. The first kappa shape index (κ1) is 10.7. The van der Waals surface area contributed by atoms with Gasteiger partial charge in [-0.1, -0.05) is 15.9 Å². The van der Waals surface area contributed by atoms with Crippen molar-refractivity contribution in [1.82, 2.24) is 0 Å². The summed E-state index contributed by atoms with van der Waals surface area (Å²) in [5.74, 6) is -0.0676. The van der Waals surface area contributed by atoms with Crippen LogP contribution in [0.3, 0.4) is 0 Å². The van der Waals surface area contributed by atoms with Gasteiger partial charge in [0.05, 0.1) is 17.4 Å². The molecular weight excluding hydrogens is 236 g/mol. The average Bonchev–Trinajstić information content (AvgIpc) is 2.10. The van der Waals surface area contributed by atoms with Crippen molar-refractivity contribution in [3.63, 3.8) is 0 Å². The van der Waals surface area contributed by atoms with Gasteiger partial charge in [0.1, 0.15) is 5.78 Å². The molecule has 0 aliphatic heterocycles. The Morgan fingerprint density at radius 3 is 2.92 bits per heavy atom. The number of rotatable bonds is 2. The standard InChI is InChI=1S/C9H13BrO3/c1-2-13-9(12)6-3-4-8(11)7(10)5-6/h6-7H,2-5H2,1H3/t6-,7+/m1/s1. The van der Waals surface area contributed by atoms with Crippen molar-refractivity contribution >= 4 is 27.7 Å². The highest BCUT2D eigenvalue weighted by atomic mass is 79.9. The van der Waals surface area contributed by atoms with Gasteiger partial charge < -0.3 is 4.74 Å². The van der Waals surface area contributed by atoms with E-state index < -0.39 is 0 Å². The number of Topliss-reactive ketones (excluding diaryl/α,β-unsaturated/α-hetero) is 1. The first-order chi connectivity index (χ1) is 6.15. The maximum Gasteiger partial charge on any atom is 0.308 e. The molecule has 0 unspecified atom stereocenters. The summed E-state index contributed by atoms with van der Waals surface area (Å²) in [6, 6.07) is 0. The lowest BCUT2D eigenvalue weighted by atomic mass is 9.88. The van der Waals surface area contributed by atoms with Crippen molar-refractivity contribution in [3.05, 3.63) is 0 Å². The highest BCUT2D eigenvalue weighted by Crippen LogP contribution is 2.27. The minimum Gasteiger partial charge on any atom is -0.466 e. The number of hydrogen-bond acceptors (Lipinski definition) is 3. The predicted molar refractivity (Wildman–Crippen MR) is 51.7 cm³/mol. The zero-order valence-electron chi connectivity index (χ0n) is 7.59. The number of esters is 1. The summed E-state index contributed by atoms with van der Waals surface area (Å²) >= 11 is 3.26. The summed E-state index contributed by atoms with van der Waals surface area (Å²) in [5.41, 5.74) is 0. The molecule has 0 aromatic heterocycles. The molecule has 0 aromatic rings. The topological polar surface area (TPSA) is 43.4 Å². The third-order valence-electron chi connectivity index (χ3n) is 2.20. The lowest BCUT2D eigenvalue weighted by Crippen LogP contribution is -2.30. The van der Waals surface area contributed by atoms with Gasteiger partial charge in [0, 0.05) is 6.42 Å². The minimum atomic E-state index is -0.167. The second kappa shape index (κ2) is 4.74. The third kappa shape index (κ3) is 2.79. The van der Waals surface area contributed by atoms with E-state index in [1.165, 1.54) is 0 Å². The van der Waals surface area contributed by atoms with Crippen LogP contribution in [0.2, 0.25) is 0 Å². The van der Waals surface area contributed by atoms with Crippen LogP contribution in [0.15, 0.2) is 0 Å². The fraction of sp³-hybridized carbons (Fsp3) is 0.778. The summed E-state index contributed by atoms with van der Waals surface area (Å²) in [5, 5.41) is 0. The minimum absolute atomic E-state index is 0.0953. The molecule has 13 heavy (non-hydrogen) atoms. The second-order valence-electron chi connectivity index (χ2n) is 3.16. The highest BCUT2D eigenvalue weighted by Gasteiger charge is 2.31. The van der Waals surface area contributed by atoms with Crippen LogP contribution in [0.1, 0.15) is 26.2 Å². The summed E-state index contributed by atoms with van der Waals surface area (Å²) < 4.78 is 4.89. The maximum absolute atomic E-state index is 11.3. The van der Waals surface area contributed by atoms with Crippen molar-refractivity contribution in [3.8, 4) is 0 Å². The molecule has 1 aliphatic carbocycles. The number of ether oxygens (including phenoxy) is 1. The number of ketones is 1. The van der Waals surface area contributed by atoms with Crippen LogP contribution in [0.25, 0.3) is 0 Å². The Bertz CT molecular complexity index is 215. The normalized spacial score (nSPS) is 28.6. The Balaban J connectivity index is 2.45. The van der Waals surface area contributed by atoms with E-state index >= 15 is 0 Å². The van der Waals surface area contributed by atoms with E-state index in [2.05, 4.69) is 15.9 Å². The van der Waals surface area contributed by atoms with Crippen LogP contribution in [0.5, 0.6) is 0 Å². The predicted octanol–water partition coefficient (Wildman–Crippen LogP) is 1.68. The van der Waals surface area contributed by atoms with Crippen molar-refractivity contribution in [2.75, 3.05) is 6.61 Å². The van der Waals surface area contributed by atoms with Gasteiger partial charge >= 0.3 is 5.97 Å². The molecule has 0 N–H and O–H groups in total. The quantitative estimate of drug-likeness (QED) is 0.552. The summed E-state index contributed by atoms with van der Waals surface area (Å²) in [7, 11) is 0. The van der Waals surface area contributed by atoms with E-state index in [9.17, 15) is 9.59 Å². The molecule has 0 amide bonds. The number of halogens is 1. The fourth-order valence-electron chi connectivity index (χ4n) is 1.45. The maximum atomic E-state index is 11.3. The van der Waals surface area contributed by atoms with Gasteiger partial charge in [-0.15, -0.1) is 0 Å². The average molecular weight is 249 g/mol. The monoisotopic (exact) mass is 248 g/mol. The van der Waals surface area contributed by atoms with E-state index in [1.807, 2.05) is 0 Å². The van der Waals surface area contributed by atoms with Gasteiger partial charge in [-0.25, -0.2) is 0 Å². The molecule has 3 nitrogen and oxygen atoms in total. The lowest BCUT2D eigenvalue weighted by molar-refractivity contribution is -0.149. The Morgan fingerprint density at radius 1 is 1.69 bits per heavy atom. The first-order valence-corrected chi connectivity index (χ1v) is 5.40. The van der Waals surface area contributed by atoms with Crippen molar-refractivity contribution in [1.29, 1.82) is 0 Å². The van der Waals surface area contributed by atoms with Gasteiger partial charge in [-0.2, -0.15) is 0 Å². The zero-order valence-corrected chi connectivity index (χ0v) is 9.17. The Kier molecular flexibility index (Phi) is 3.90. The molecule has 0 saturated heterocycles. The molecule has 4 heteroatoms.